The summed E-state index contributed by atoms with van der Waals surface area (Å²) in [5.74, 6) is -0.113. The van der Waals surface area contributed by atoms with Gasteiger partial charge in [-0.05, 0) is 55.8 Å². The molecule has 0 spiro atoms. The lowest BCUT2D eigenvalue weighted by Gasteiger charge is -2.35. The molecule has 1 atom stereocenters. The number of allylic oxidation sites excluding steroid dienone is 1. The van der Waals surface area contributed by atoms with Gasteiger partial charge in [0.2, 0.25) is 0 Å². The standard InChI is InChI=1S/C26H24F6N2OS/c1-16(35)15-21-33-22(17-5-9-19(10-6-17)25(27,28)29)24(36-21)23(34-13-3-2-4-14-34)18-7-11-20(12-8-18)26(30,31)32/h5-12,23,35H,1-4,13-15H2. The lowest BCUT2D eigenvalue weighted by Crippen LogP contribution is -2.34. The van der Waals surface area contributed by atoms with Crippen molar-refractivity contribution in [2.24, 2.45) is 0 Å². The molecule has 1 aliphatic heterocycles. The number of hydrogen-bond acceptors (Lipinski definition) is 4. The Morgan fingerprint density at radius 2 is 1.42 bits per heavy atom. The fourth-order valence-corrected chi connectivity index (χ4v) is 5.68. The fraction of sp³-hybridized carbons (Fsp3) is 0.346. The van der Waals surface area contributed by atoms with Gasteiger partial charge in [0.15, 0.2) is 0 Å². The average Bonchev–Trinajstić information content (AvgIpc) is 3.21. The van der Waals surface area contributed by atoms with Crippen molar-refractivity contribution in [3.63, 3.8) is 0 Å². The minimum absolute atomic E-state index is 0.0675. The van der Waals surface area contributed by atoms with Crippen molar-refractivity contribution in [3.05, 3.63) is 87.4 Å². The number of aromatic nitrogens is 1. The van der Waals surface area contributed by atoms with E-state index in [0.29, 0.717) is 26.7 Å². The van der Waals surface area contributed by atoms with Crippen molar-refractivity contribution in [1.82, 2.24) is 9.88 Å². The molecular formula is C26H24F6N2OS. The van der Waals surface area contributed by atoms with Gasteiger partial charge in [0.25, 0.3) is 0 Å². The normalized spacial score (nSPS) is 16.2. The molecule has 3 nitrogen and oxygen atoms in total. The van der Waals surface area contributed by atoms with Crippen LogP contribution in [0.5, 0.6) is 0 Å². The summed E-state index contributed by atoms with van der Waals surface area (Å²) < 4.78 is 78.9. The monoisotopic (exact) mass is 526 g/mol. The van der Waals surface area contributed by atoms with Gasteiger partial charge in [-0.2, -0.15) is 26.3 Å². The zero-order valence-corrected chi connectivity index (χ0v) is 20.0. The number of alkyl halides is 6. The number of piperidine rings is 1. The van der Waals surface area contributed by atoms with E-state index in [2.05, 4.69) is 16.5 Å². The average molecular weight is 527 g/mol. The first-order valence-electron chi connectivity index (χ1n) is 11.4. The van der Waals surface area contributed by atoms with Crippen molar-refractivity contribution in [3.8, 4) is 11.3 Å². The second kappa shape index (κ2) is 10.3. The van der Waals surface area contributed by atoms with Gasteiger partial charge in [-0.15, -0.1) is 11.3 Å². The Morgan fingerprint density at radius 1 is 0.889 bits per heavy atom. The van der Waals surface area contributed by atoms with Crippen LogP contribution in [0.2, 0.25) is 0 Å². The minimum Gasteiger partial charge on any atom is -0.512 e. The number of nitrogens with zero attached hydrogens (tertiary/aromatic N) is 2. The Morgan fingerprint density at radius 3 is 1.92 bits per heavy atom. The van der Waals surface area contributed by atoms with Crippen LogP contribution in [0.3, 0.4) is 0 Å². The van der Waals surface area contributed by atoms with E-state index in [1.54, 1.807) is 0 Å². The molecule has 2 aromatic carbocycles. The van der Waals surface area contributed by atoms with Crippen LogP contribution in [0.25, 0.3) is 11.3 Å². The molecule has 3 aromatic rings. The number of aliphatic hydroxyl groups is 1. The maximum absolute atomic E-state index is 13.2. The number of benzene rings is 2. The van der Waals surface area contributed by atoms with Gasteiger partial charge in [-0.3, -0.25) is 4.90 Å². The highest BCUT2D eigenvalue weighted by atomic mass is 32.1. The summed E-state index contributed by atoms with van der Waals surface area (Å²) in [6, 6.07) is 9.20. The van der Waals surface area contributed by atoms with Crippen LogP contribution in [-0.4, -0.2) is 28.1 Å². The molecule has 1 unspecified atom stereocenters. The lowest BCUT2D eigenvalue weighted by molar-refractivity contribution is -0.138. The van der Waals surface area contributed by atoms with Crippen LogP contribution in [-0.2, 0) is 18.8 Å². The zero-order valence-electron chi connectivity index (χ0n) is 19.2. The molecule has 2 heterocycles. The van der Waals surface area contributed by atoms with Gasteiger partial charge in [-0.25, -0.2) is 4.98 Å². The predicted molar refractivity (Wildman–Crippen MR) is 127 cm³/mol. The van der Waals surface area contributed by atoms with Crippen molar-refractivity contribution < 1.29 is 31.4 Å². The highest BCUT2D eigenvalue weighted by Crippen LogP contribution is 2.42. The molecule has 0 amide bonds. The van der Waals surface area contributed by atoms with E-state index in [4.69, 9.17) is 0 Å². The van der Waals surface area contributed by atoms with Crippen LogP contribution >= 0.6 is 11.3 Å². The molecule has 10 heteroatoms. The van der Waals surface area contributed by atoms with Crippen LogP contribution in [0, 0.1) is 0 Å². The van der Waals surface area contributed by atoms with Gasteiger partial charge in [0.05, 0.1) is 39.9 Å². The molecule has 0 saturated carbocycles. The molecule has 36 heavy (non-hydrogen) atoms. The Bertz CT molecular complexity index is 1190. The first-order valence-corrected chi connectivity index (χ1v) is 12.2. The Kier molecular flexibility index (Phi) is 7.47. The molecular weight excluding hydrogens is 502 g/mol. The van der Waals surface area contributed by atoms with Gasteiger partial charge < -0.3 is 5.11 Å². The summed E-state index contributed by atoms with van der Waals surface area (Å²) in [5, 5.41) is 10.3. The summed E-state index contributed by atoms with van der Waals surface area (Å²) >= 11 is 1.28. The molecule has 0 aliphatic carbocycles. The smallest absolute Gasteiger partial charge is 0.416 e. The molecule has 0 bridgehead atoms. The number of likely N-dealkylation sites (tertiary alicyclic amines) is 1. The highest BCUT2D eigenvalue weighted by molar-refractivity contribution is 7.12. The molecule has 1 saturated heterocycles. The SMILES string of the molecule is C=C(O)Cc1nc(-c2ccc(C(F)(F)F)cc2)c(C(c2ccc(C(F)(F)F)cc2)N2CCCCC2)s1. The van der Waals surface area contributed by atoms with Gasteiger partial charge in [0.1, 0.15) is 5.01 Å². The van der Waals surface area contributed by atoms with E-state index < -0.39 is 29.5 Å². The number of aliphatic hydroxyl groups excluding tert-OH is 1. The van der Waals surface area contributed by atoms with Crippen molar-refractivity contribution in [1.29, 1.82) is 0 Å². The molecule has 1 N–H and O–H groups in total. The third-order valence-electron chi connectivity index (χ3n) is 6.10. The van der Waals surface area contributed by atoms with Gasteiger partial charge >= 0.3 is 12.4 Å². The zero-order chi connectivity index (χ0) is 26.1. The maximum Gasteiger partial charge on any atom is 0.416 e. The second-order valence-corrected chi connectivity index (χ2v) is 9.87. The molecule has 1 aliphatic rings. The van der Waals surface area contributed by atoms with Crippen molar-refractivity contribution >= 4 is 11.3 Å². The summed E-state index contributed by atoms with van der Waals surface area (Å²) in [7, 11) is 0. The van der Waals surface area contributed by atoms with E-state index in [1.807, 2.05) is 0 Å². The number of hydrogen-bond donors (Lipinski definition) is 1. The maximum atomic E-state index is 13.2. The molecule has 1 aromatic heterocycles. The van der Waals surface area contributed by atoms with Crippen LogP contribution in [0.1, 0.15) is 51.9 Å². The Hall–Kier alpha value is -2.85. The van der Waals surface area contributed by atoms with E-state index in [9.17, 15) is 31.4 Å². The molecule has 192 valence electrons. The Balaban J connectivity index is 1.84. The van der Waals surface area contributed by atoms with E-state index >= 15 is 0 Å². The van der Waals surface area contributed by atoms with Gasteiger partial charge in [-0.1, -0.05) is 37.3 Å². The van der Waals surface area contributed by atoms with Gasteiger partial charge in [0, 0.05) is 5.56 Å². The largest absolute Gasteiger partial charge is 0.512 e. The molecule has 4 rings (SSSR count). The molecule has 1 fully saturated rings. The quantitative estimate of drug-likeness (QED) is 0.261. The van der Waals surface area contributed by atoms with Crippen molar-refractivity contribution in [2.45, 2.75) is 44.1 Å². The summed E-state index contributed by atoms with van der Waals surface area (Å²) in [6.07, 6.45) is -6.00. The van der Waals surface area contributed by atoms with Crippen LogP contribution in [0.15, 0.2) is 60.9 Å². The van der Waals surface area contributed by atoms with Crippen molar-refractivity contribution in [2.75, 3.05) is 13.1 Å². The van der Waals surface area contributed by atoms with E-state index in [1.165, 1.54) is 35.6 Å². The van der Waals surface area contributed by atoms with Crippen LogP contribution < -0.4 is 0 Å². The van der Waals surface area contributed by atoms with E-state index in [0.717, 1.165) is 56.6 Å². The number of thiazole rings is 1. The third-order valence-corrected chi connectivity index (χ3v) is 7.20. The Labute approximate surface area is 208 Å². The predicted octanol–water partition coefficient (Wildman–Crippen LogP) is 8.04. The first-order chi connectivity index (χ1) is 16.9. The van der Waals surface area contributed by atoms with E-state index in [-0.39, 0.29) is 12.2 Å². The topological polar surface area (TPSA) is 36.4 Å². The fourth-order valence-electron chi connectivity index (χ4n) is 4.40. The lowest BCUT2D eigenvalue weighted by atomic mass is 9.96. The number of halogens is 6. The summed E-state index contributed by atoms with van der Waals surface area (Å²) in [5.41, 5.74) is -0.00926. The number of rotatable bonds is 6. The highest BCUT2D eigenvalue weighted by Gasteiger charge is 2.34. The second-order valence-electron chi connectivity index (χ2n) is 8.76. The van der Waals surface area contributed by atoms with Crippen LogP contribution in [0.4, 0.5) is 26.3 Å². The summed E-state index contributed by atoms with van der Waals surface area (Å²) in [6.45, 7) is 4.95. The first kappa shape index (κ1) is 26.2. The third kappa shape index (κ3) is 5.92. The molecule has 0 radical (unpaired) electrons. The summed E-state index contributed by atoms with van der Waals surface area (Å²) in [4.78, 5) is 7.49. The minimum atomic E-state index is -4.49.